The largest absolute Gasteiger partial charge is 0.487 e. The molecule has 6 rings (SSSR count). The molecule has 1 aromatic heterocycles. The Bertz CT molecular complexity index is 1900. The summed E-state index contributed by atoms with van der Waals surface area (Å²) in [5, 5.41) is 1.16. The summed E-state index contributed by atoms with van der Waals surface area (Å²) < 4.78 is 47.9. The van der Waals surface area contributed by atoms with Crippen molar-refractivity contribution in [2.45, 2.75) is 70.1 Å². The molecule has 3 aromatic rings. The van der Waals surface area contributed by atoms with Crippen molar-refractivity contribution >= 4 is 28.5 Å². The number of benzene rings is 2. The number of likely N-dealkylation sites (N-methyl/N-ethyl adjacent to an activating group) is 2. The fraction of sp³-hybridized carbons (Fsp3) is 0.487. The smallest absolute Gasteiger partial charge is 0.318 e. The van der Waals surface area contributed by atoms with Crippen molar-refractivity contribution in [2.24, 2.45) is 5.92 Å². The van der Waals surface area contributed by atoms with Crippen LogP contribution in [0, 0.1) is 24.1 Å². The molecule has 3 aliphatic rings. The average molecular weight is 702 g/mol. The van der Waals surface area contributed by atoms with Gasteiger partial charge in [-0.1, -0.05) is 32.4 Å². The first-order chi connectivity index (χ1) is 24.3. The van der Waals surface area contributed by atoms with Crippen molar-refractivity contribution in [3.63, 3.8) is 0 Å². The number of nitrogens with zero attached hydrogens (tertiary/aromatic N) is 5. The predicted molar refractivity (Wildman–Crippen MR) is 191 cm³/mol. The zero-order valence-corrected chi connectivity index (χ0v) is 29.9. The number of likely N-dealkylation sites (tertiary alicyclic amines) is 2. The molecule has 3 aliphatic heterocycles. The standard InChI is InChI=1S/C39H45F2N5O5/c1-8-29-31(41)13-12-24-15-28(51-37(48)23(3)4)17-30(34(24)29)25-16-32-35(49-21-25)36(44(6)20-27-11-10-14-46(27)33(47)9-2)43-38(42-32)50-22-39(5)18-26(40)19-45(39)7/h1,9,12-13,15,17,23,25-27H,2,10-11,14,16,18-22H2,3-7H3/t25-,26-,27+,39+/m1/s1. The maximum Gasteiger partial charge on any atom is 0.318 e. The first-order valence-electron chi connectivity index (χ1n) is 17.4. The number of halogens is 2. The fourth-order valence-corrected chi connectivity index (χ4v) is 7.39. The van der Waals surface area contributed by atoms with E-state index >= 15 is 4.39 Å². The van der Waals surface area contributed by atoms with Crippen molar-refractivity contribution in [3.8, 4) is 29.9 Å². The molecule has 2 saturated heterocycles. The number of carbonyl (C=O) groups excluding carboxylic acids is 2. The summed E-state index contributed by atoms with van der Waals surface area (Å²) in [5.41, 5.74) is 0.777. The minimum Gasteiger partial charge on any atom is -0.487 e. The van der Waals surface area contributed by atoms with Crippen LogP contribution in [0.1, 0.15) is 62.8 Å². The maximum atomic E-state index is 15.1. The van der Waals surface area contributed by atoms with E-state index in [0.29, 0.717) is 71.8 Å². The highest BCUT2D eigenvalue weighted by molar-refractivity contribution is 5.93. The van der Waals surface area contributed by atoms with Gasteiger partial charge < -0.3 is 24.0 Å². The number of rotatable bonds is 10. The molecular formula is C39H45F2N5O5. The molecule has 270 valence electrons. The lowest BCUT2D eigenvalue weighted by molar-refractivity contribution is -0.137. The van der Waals surface area contributed by atoms with Crippen LogP contribution in [0.2, 0.25) is 0 Å². The van der Waals surface area contributed by atoms with Crippen molar-refractivity contribution in [1.29, 1.82) is 0 Å². The number of hydrogen-bond acceptors (Lipinski definition) is 9. The molecule has 1 amide bonds. The average Bonchev–Trinajstić information content (AvgIpc) is 3.67. The number of hydrogen-bond donors (Lipinski definition) is 0. The van der Waals surface area contributed by atoms with Crippen LogP contribution in [0.5, 0.6) is 17.5 Å². The van der Waals surface area contributed by atoms with Crippen LogP contribution in [0.25, 0.3) is 10.8 Å². The van der Waals surface area contributed by atoms with Crippen LogP contribution in [-0.4, -0.2) is 96.3 Å². The second kappa shape index (κ2) is 14.5. The van der Waals surface area contributed by atoms with Crippen molar-refractivity contribution in [1.82, 2.24) is 19.8 Å². The number of carbonyl (C=O) groups is 2. The topological polar surface area (TPSA) is 97.3 Å². The third kappa shape index (κ3) is 7.22. The molecule has 0 bridgehead atoms. The highest BCUT2D eigenvalue weighted by Gasteiger charge is 2.41. The van der Waals surface area contributed by atoms with Gasteiger partial charge in [0, 0.05) is 56.9 Å². The molecule has 2 aromatic carbocycles. The number of aromatic nitrogens is 2. The summed E-state index contributed by atoms with van der Waals surface area (Å²) in [5.74, 6) is 2.03. The predicted octanol–water partition coefficient (Wildman–Crippen LogP) is 5.45. The van der Waals surface area contributed by atoms with E-state index in [4.69, 9.17) is 30.6 Å². The van der Waals surface area contributed by atoms with Gasteiger partial charge in [-0.2, -0.15) is 9.97 Å². The Labute approximate surface area is 297 Å². The number of anilines is 1. The molecule has 0 N–H and O–H groups in total. The molecule has 51 heavy (non-hydrogen) atoms. The highest BCUT2D eigenvalue weighted by Crippen LogP contribution is 2.42. The lowest BCUT2D eigenvalue weighted by Gasteiger charge is -2.33. The fourth-order valence-electron chi connectivity index (χ4n) is 7.39. The second-order valence-electron chi connectivity index (χ2n) is 14.5. The minimum atomic E-state index is -0.959. The van der Waals surface area contributed by atoms with E-state index in [2.05, 4.69) is 12.5 Å². The number of esters is 1. The summed E-state index contributed by atoms with van der Waals surface area (Å²) in [6.07, 6.45) is 8.59. The van der Waals surface area contributed by atoms with E-state index in [1.165, 1.54) is 12.1 Å². The molecule has 0 radical (unpaired) electrons. The number of ether oxygens (including phenoxy) is 3. The van der Waals surface area contributed by atoms with Gasteiger partial charge in [0.15, 0.2) is 11.6 Å². The highest BCUT2D eigenvalue weighted by atomic mass is 19.1. The van der Waals surface area contributed by atoms with Gasteiger partial charge in [0.05, 0.1) is 29.3 Å². The van der Waals surface area contributed by atoms with Crippen LogP contribution in [0.15, 0.2) is 36.9 Å². The Hall–Kier alpha value is -4.76. The van der Waals surface area contributed by atoms with E-state index in [-0.39, 0.29) is 48.6 Å². The lowest BCUT2D eigenvalue weighted by Crippen LogP contribution is -2.43. The summed E-state index contributed by atoms with van der Waals surface area (Å²) in [7, 11) is 3.76. The molecule has 4 atom stereocenters. The van der Waals surface area contributed by atoms with Crippen LogP contribution in [-0.2, 0) is 16.0 Å². The molecule has 0 spiro atoms. The third-order valence-electron chi connectivity index (χ3n) is 10.4. The van der Waals surface area contributed by atoms with Gasteiger partial charge in [-0.05, 0) is 62.0 Å². The van der Waals surface area contributed by atoms with E-state index in [0.717, 1.165) is 12.8 Å². The van der Waals surface area contributed by atoms with E-state index in [9.17, 15) is 14.0 Å². The second-order valence-corrected chi connectivity index (χ2v) is 14.5. The van der Waals surface area contributed by atoms with Gasteiger partial charge in [-0.25, -0.2) is 8.78 Å². The van der Waals surface area contributed by atoms with Gasteiger partial charge in [-0.3, -0.25) is 14.5 Å². The van der Waals surface area contributed by atoms with Crippen LogP contribution in [0.3, 0.4) is 0 Å². The SMILES string of the molecule is C#Cc1c(F)ccc2cc(OC(=O)C(C)C)cc([C@H]3COc4c(nc(OC[C@]5(C)C[C@@H](F)CN5C)nc4N(C)C[C@@H]4CCCN4C(=O)C=C)C3)c12. The number of alkyl halides is 1. The zero-order valence-electron chi connectivity index (χ0n) is 29.9. The molecule has 0 aliphatic carbocycles. The first-order valence-corrected chi connectivity index (χ1v) is 17.4. The summed E-state index contributed by atoms with van der Waals surface area (Å²) in [6.45, 7) is 10.9. The van der Waals surface area contributed by atoms with Crippen LogP contribution in [0.4, 0.5) is 14.6 Å². The Kier molecular flexibility index (Phi) is 10.2. The molecule has 2 fully saturated rings. The van der Waals surface area contributed by atoms with E-state index in [1.54, 1.807) is 32.0 Å². The van der Waals surface area contributed by atoms with Crippen molar-refractivity contribution in [3.05, 3.63) is 59.6 Å². The molecule has 10 nitrogen and oxygen atoms in total. The van der Waals surface area contributed by atoms with Gasteiger partial charge in [0.1, 0.15) is 24.3 Å². The van der Waals surface area contributed by atoms with Crippen molar-refractivity contribution in [2.75, 3.05) is 51.8 Å². The van der Waals surface area contributed by atoms with E-state index < -0.39 is 23.5 Å². The Morgan fingerprint density at radius 3 is 2.76 bits per heavy atom. The minimum absolute atomic E-state index is 0.0564. The number of terminal acetylenes is 1. The Morgan fingerprint density at radius 2 is 2.08 bits per heavy atom. The summed E-state index contributed by atoms with van der Waals surface area (Å²) in [4.78, 5) is 40.5. The quantitative estimate of drug-likeness (QED) is 0.118. The Morgan fingerprint density at radius 1 is 1.29 bits per heavy atom. The zero-order chi connectivity index (χ0) is 36.6. The lowest BCUT2D eigenvalue weighted by atomic mass is 9.87. The summed E-state index contributed by atoms with van der Waals surface area (Å²) in [6, 6.07) is 6.39. The number of fused-ring (bicyclic) bond motifs is 2. The Balaban J connectivity index is 1.39. The monoisotopic (exact) mass is 701 g/mol. The number of amides is 1. The molecule has 4 heterocycles. The molecule has 0 saturated carbocycles. The molecule has 0 unspecified atom stereocenters. The molecular weight excluding hydrogens is 656 g/mol. The normalized spacial score (nSPS) is 23.1. The van der Waals surface area contributed by atoms with Gasteiger partial charge in [0.2, 0.25) is 5.91 Å². The van der Waals surface area contributed by atoms with Gasteiger partial charge >= 0.3 is 12.0 Å². The maximum absolute atomic E-state index is 15.1. The first kappa shape index (κ1) is 36.0. The van der Waals surface area contributed by atoms with Crippen LogP contribution >= 0.6 is 0 Å². The van der Waals surface area contributed by atoms with Crippen molar-refractivity contribution < 1.29 is 32.6 Å². The third-order valence-corrected chi connectivity index (χ3v) is 10.4. The van der Waals surface area contributed by atoms with Gasteiger partial charge in [-0.15, -0.1) is 6.42 Å². The van der Waals surface area contributed by atoms with E-state index in [1.807, 2.05) is 35.7 Å². The van der Waals surface area contributed by atoms with Gasteiger partial charge in [0.25, 0.3) is 0 Å². The molecule has 12 heteroatoms. The van der Waals surface area contributed by atoms with Crippen LogP contribution < -0.4 is 19.1 Å². The summed E-state index contributed by atoms with van der Waals surface area (Å²) >= 11 is 0.